The molecule has 0 aliphatic heterocycles. The van der Waals surface area contributed by atoms with Gasteiger partial charge in [-0.25, -0.2) is 0 Å². The number of aliphatic imine (C=N–C) groups is 1. The van der Waals surface area contributed by atoms with E-state index in [9.17, 15) is 0 Å². The van der Waals surface area contributed by atoms with E-state index in [0.29, 0.717) is 17.8 Å². The zero-order chi connectivity index (χ0) is 20.2. The Labute approximate surface area is 168 Å². The third kappa shape index (κ3) is 4.39. The summed E-state index contributed by atoms with van der Waals surface area (Å²) in [7, 11) is 0. The van der Waals surface area contributed by atoms with E-state index in [2.05, 4.69) is 79.7 Å². The minimum atomic E-state index is 0.153. The Hall–Kier alpha value is -1.37. The molecule has 1 nitrogen and oxygen atoms in total. The summed E-state index contributed by atoms with van der Waals surface area (Å²) < 4.78 is 0. The molecule has 0 saturated heterocycles. The first-order valence-corrected chi connectivity index (χ1v) is 11.0. The van der Waals surface area contributed by atoms with Crippen LogP contribution in [0.2, 0.25) is 0 Å². The molecular formula is C26H41N. The molecule has 27 heavy (non-hydrogen) atoms. The van der Waals surface area contributed by atoms with Crippen molar-refractivity contribution in [2.24, 2.45) is 33.6 Å². The molecule has 0 radical (unpaired) electrons. The first-order chi connectivity index (χ1) is 12.7. The Morgan fingerprint density at radius 3 is 2.59 bits per heavy atom. The Morgan fingerprint density at radius 1 is 1.30 bits per heavy atom. The lowest BCUT2D eigenvalue weighted by Crippen LogP contribution is -2.41. The van der Waals surface area contributed by atoms with Crippen LogP contribution in [0.3, 0.4) is 0 Å². The van der Waals surface area contributed by atoms with Crippen LogP contribution in [0.15, 0.2) is 52.7 Å². The van der Waals surface area contributed by atoms with Crippen LogP contribution in [0.4, 0.5) is 0 Å². The van der Waals surface area contributed by atoms with E-state index in [4.69, 9.17) is 4.99 Å². The van der Waals surface area contributed by atoms with E-state index >= 15 is 0 Å². The Morgan fingerprint density at radius 2 is 2.00 bits per heavy atom. The lowest BCUT2D eigenvalue weighted by Gasteiger charge is -2.48. The molecule has 1 fully saturated rings. The van der Waals surface area contributed by atoms with Gasteiger partial charge in [0.05, 0.1) is 0 Å². The third-order valence-corrected chi connectivity index (χ3v) is 7.21. The first-order valence-electron chi connectivity index (χ1n) is 11.0. The summed E-state index contributed by atoms with van der Waals surface area (Å²) in [6.07, 6.45) is 18.4. The molecule has 1 heteroatoms. The second kappa shape index (κ2) is 8.76. The largest absolute Gasteiger partial charge is 0.261 e. The normalized spacial score (nSPS) is 30.1. The molecule has 3 aliphatic rings. The van der Waals surface area contributed by atoms with Crippen molar-refractivity contribution in [1.29, 1.82) is 0 Å². The van der Waals surface area contributed by atoms with Crippen LogP contribution >= 0.6 is 0 Å². The molecule has 0 heterocycles. The fraction of sp³-hybridized carbons (Fsp3) is 0.654. The fourth-order valence-electron chi connectivity index (χ4n) is 5.10. The van der Waals surface area contributed by atoms with E-state index in [-0.39, 0.29) is 10.8 Å². The second-order valence-electron chi connectivity index (χ2n) is 9.54. The van der Waals surface area contributed by atoms with Crippen LogP contribution in [0, 0.1) is 28.6 Å². The van der Waals surface area contributed by atoms with Crippen molar-refractivity contribution < 1.29 is 0 Å². The summed E-state index contributed by atoms with van der Waals surface area (Å²) >= 11 is 0. The van der Waals surface area contributed by atoms with Crippen molar-refractivity contribution in [2.75, 3.05) is 0 Å². The topological polar surface area (TPSA) is 12.4 Å². The Balaban J connectivity index is 2.65. The van der Waals surface area contributed by atoms with E-state index < -0.39 is 0 Å². The van der Waals surface area contributed by atoms with Crippen molar-refractivity contribution in [1.82, 2.24) is 0 Å². The number of hydrogen-bond acceptors (Lipinski definition) is 1. The predicted octanol–water partition coefficient (Wildman–Crippen LogP) is 7.92. The van der Waals surface area contributed by atoms with Crippen molar-refractivity contribution in [3.63, 3.8) is 0 Å². The molecule has 4 unspecified atom stereocenters. The summed E-state index contributed by atoms with van der Waals surface area (Å²) in [4.78, 5) is 4.97. The van der Waals surface area contributed by atoms with Gasteiger partial charge in [0.2, 0.25) is 0 Å². The van der Waals surface area contributed by atoms with Gasteiger partial charge in [-0.15, -0.1) is 0 Å². The minimum Gasteiger partial charge on any atom is -0.261 e. The number of nitrogens with zero attached hydrogens (tertiary/aromatic N) is 1. The first kappa shape index (κ1) is 21.9. The van der Waals surface area contributed by atoms with Gasteiger partial charge in [-0.3, -0.25) is 4.99 Å². The Bertz CT molecular complexity index is 670. The molecule has 0 aromatic carbocycles. The third-order valence-electron chi connectivity index (χ3n) is 7.21. The highest BCUT2D eigenvalue weighted by atomic mass is 14.7. The van der Waals surface area contributed by atoms with Crippen molar-refractivity contribution in [3.8, 4) is 0 Å². The average molecular weight is 368 g/mol. The summed E-state index contributed by atoms with van der Waals surface area (Å²) in [5, 5.41) is 0. The molecule has 2 bridgehead atoms. The van der Waals surface area contributed by atoms with E-state index in [1.54, 1.807) is 5.57 Å². The van der Waals surface area contributed by atoms with Gasteiger partial charge in [0, 0.05) is 11.9 Å². The maximum Gasteiger partial charge on any atom is 0.0467 e. The minimum absolute atomic E-state index is 0.153. The number of rotatable bonds is 6. The van der Waals surface area contributed by atoms with Gasteiger partial charge in [0.1, 0.15) is 0 Å². The molecule has 0 aromatic rings. The quantitative estimate of drug-likeness (QED) is 0.423. The zero-order valence-electron chi connectivity index (χ0n) is 19.0. The van der Waals surface area contributed by atoms with E-state index in [0.717, 1.165) is 12.8 Å². The monoisotopic (exact) mass is 367 g/mol. The van der Waals surface area contributed by atoms with Gasteiger partial charge < -0.3 is 0 Å². The lowest BCUT2D eigenvalue weighted by atomic mass is 9.56. The molecule has 0 N–H and O–H groups in total. The van der Waals surface area contributed by atoms with Crippen LogP contribution in [-0.4, -0.2) is 5.71 Å². The van der Waals surface area contributed by atoms with Gasteiger partial charge in [-0.05, 0) is 60.3 Å². The fourth-order valence-corrected chi connectivity index (χ4v) is 5.10. The molecular weight excluding hydrogens is 326 g/mol. The molecule has 0 aromatic heterocycles. The Kier molecular flexibility index (Phi) is 7.11. The predicted molar refractivity (Wildman–Crippen MR) is 121 cm³/mol. The number of fused-ring (bicyclic) bond motifs is 5. The summed E-state index contributed by atoms with van der Waals surface area (Å²) in [6, 6.07) is 0. The maximum atomic E-state index is 4.97. The smallest absolute Gasteiger partial charge is 0.0467 e. The molecule has 3 aliphatic carbocycles. The van der Waals surface area contributed by atoms with Crippen molar-refractivity contribution >= 4 is 5.71 Å². The summed E-state index contributed by atoms with van der Waals surface area (Å²) in [6.45, 7) is 18.8. The summed E-state index contributed by atoms with van der Waals surface area (Å²) in [5.74, 6) is 1.61. The molecule has 0 spiro atoms. The highest BCUT2D eigenvalue weighted by Crippen LogP contribution is 2.53. The molecule has 1 saturated carbocycles. The van der Waals surface area contributed by atoms with Crippen molar-refractivity contribution in [3.05, 3.63) is 47.7 Å². The van der Waals surface area contributed by atoms with Gasteiger partial charge in [0.25, 0.3) is 0 Å². The van der Waals surface area contributed by atoms with Gasteiger partial charge >= 0.3 is 0 Å². The number of hydrogen-bond donors (Lipinski definition) is 0. The molecule has 0 amide bonds. The van der Waals surface area contributed by atoms with Gasteiger partial charge in [-0.1, -0.05) is 90.8 Å². The van der Waals surface area contributed by atoms with Crippen molar-refractivity contribution in [2.45, 2.75) is 81.1 Å². The average Bonchev–Trinajstić information content (AvgIpc) is 2.64. The molecule has 4 atom stereocenters. The lowest BCUT2D eigenvalue weighted by molar-refractivity contribution is 0.174. The second-order valence-corrected chi connectivity index (χ2v) is 9.54. The highest BCUT2D eigenvalue weighted by Gasteiger charge is 2.45. The summed E-state index contributed by atoms with van der Waals surface area (Å²) in [5.41, 5.74) is 4.78. The maximum absolute atomic E-state index is 4.97. The standard InChI is InChI=1S/C26H41N/c1-9-12-15-26(8,20(5)11-3)23-17-21-13-14-22(23)24(27-16-10-2)19(4)18-25(21,6)7/h10,12-16,19-20,23H,9,11,17-18H2,1-8H3/b15-12?,16-10-,27-24?. The zero-order valence-corrected chi connectivity index (χ0v) is 19.0. The molecule has 150 valence electrons. The van der Waals surface area contributed by atoms with E-state index in [1.165, 1.54) is 24.1 Å². The SMILES string of the molecule is C/C=C\N=C1C2=CC=C(CC2C(C)(C=CCC)C(C)CC)C(C)(C)CC1C. The van der Waals surface area contributed by atoms with Crippen LogP contribution in [0.25, 0.3) is 0 Å². The molecule has 3 rings (SSSR count). The van der Waals surface area contributed by atoms with Crippen LogP contribution in [-0.2, 0) is 0 Å². The van der Waals surface area contributed by atoms with Crippen LogP contribution < -0.4 is 0 Å². The number of allylic oxidation sites excluding steroid dienone is 7. The van der Waals surface area contributed by atoms with Gasteiger partial charge in [-0.2, -0.15) is 0 Å². The van der Waals surface area contributed by atoms with E-state index in [1.807, 2.05) is 12.3 Å². The van der Waals surface area contributed by atoms with Gasteiger partial charge in [0.15, 0.2) is 0 Å². The van der Waals surface area contributed by atoms with Crippen LogP contribution in [0.1, 0.15) is 81.1 Å². The van der Waals surface area contributed by atoms with Crippen LogP contribution in [0.5, 0.6) is 0 Å². The highest BCUT2D eigenvalue weighted by molar-refractivity contribution is 6.03.